The van der Waals surface area contributed by atoms with Crippen LogP contribution in [0.2, 0.25) is 0 Å². The van der Waals surface area contributed by atoms with E-state index in [4.69, 9.17) is 28.4 Å². The molecule has 4 aliphatic rings. The molecule has 3 N–H and O–H groups in total. The summed E-state index contributed by atoms with van der Waals surface area (Å²) in [7, 11) is 2.31. The summed E-state index contributed by atoms with van der Waals surface area (Å²) in [5.41, 5.74) is 4.93. The molecule has 16 heteroatoms. The minimum Gasteiger partial charge on any atom is -0.484 e. The Morgan fingerprint density at radius 2 is 1.14 bits per heavy atom. The second-order valence-electron chi connectivity index (χ2n) is 20.3. The first-order chi connectivity index (χ1) is 33.6. The molecule has 0 unspecified atom stereocenters. The summed E-state index contributed by atoms with van der Waals surface area (Å²) in [4.78, 5) is 69.1. The number of methoxy groups -OCH3 is 2. The highest BCUT2D eigenvalue weighted by molar-refractivity contribution is 6.02. The van der Waals surface area contributed by atoms with Crippen LogP contribution < -0.4 is 18.9 Å². The lowest BCUT2D eigenvalue weighted by Gasteiger charge is -2.41. The van der Waals surface area contributed by atoms with Gasteiger partial charge in [-0.3, -0.25) is 9.59 Å². The zero-order valence-corrected chi connectivity index (χ0v) is 43.0. The van der Waals surface area contributed by atoms with Gasteiger partial charge in [0.25, 0.3) is 11.8 Å². The van der Waals surface area contributed by atoms with Crippen molar-refractivity contribution in [2.24, 2.45) is 0 Å². The van der Waals surface area contributed by atoms with Gasteiger partial charge in [-0.15, -0.1) is 0 Å². The molecule has 0 saturated heterocycles. The molecule has 71 heavy (non-hydrogen) atoms. The maximum Gasteiger partial charge on any atom is 0.513 e. The largest absolute Gasteiger partial charge is 0.513 e. The maximum atomic E-state index is 14.3. The number of benzene rings is 2. The summed E-state index contributed by atoms with van der Waals surface area (Å²) in [6.07, 6.45) is 10.7. The Morgan fingerprint density at radius 3 is 1.58 bits per heavy atom. The van der Waals surface area contributed by atoms with Crippen molar-refractivity contribution in [2.75, 3.05) is 20.8 Å². The number of carboxylic acids is 1. The predicted molar refractivity (Wildman–Crippen MR) is 265 cm³/mol. The van der Waals surface area contributed by atoms with Gasteiger partial charge in [0.2, 0.25) is 0 Å². The van der Waals surface area contributed by atoms with Gasteiger partial charge in [-0.1, -0.05) is 46.6 Å². The molecule has 0 spiro atoms. The van der Waals surface area contributed by atoms with Crippen molar-refractivity contribution in [2.45, 2.75) is 175 Å². The Balaban J connectivity index is 1.19. The average Bonchev–Trinajstić information content (AvgIpc) is 3.80. The van der Waals surface area contributed by atoms with E-state index in [1.54, 1.807) is 11.8 Å². The molecule has 0 aliphatic carbocycles. The van der Waals surface area contributed by atoms with Crippen LogP contribution in [-0.4, -0.2) is 105 Å². The van der Waals surface area contributed by atoms with Crippen molar-refractivity contribution in [3.63, 3.8) is 0 Å². The average molecular weight is 985 g/mol. The topological polar surface area (TPSA) is 208 Å². The van der Waals surface area contributed by atoms with Crippen LogP contribution >= 0.6 is 0 Å². The molecule has 16 nitrogen and oxygen atoms in total. The third kappa shape index (κ3) is 12.5. The van der Waals surface area contributed by atoms with E-state index in [9.17, 15) is 39.3 Å². The van der Waals surface area contributed by atoms with Crippen molar-refractivity contribution in [1.29, 1.82) is 0 Å². The number of ether oxygens (including phenoxy) is 6. The number of fused-ring (bicyclic) bond motifs is 6. The van der Waals surface area contributed by atoms with Gasteiger partial charge in [-0.05, 0) is 132 Å². The van der Waals surface area contributed by atoms with E-state index < -0.39 is 53.6 Å². The first-order valence-corrected chi connectivity index (χ1v) is 24.6. The molecule has 0 radical (unpaired) electrons. The van der Waals surface area contributed by atoms with E-state index in [1.165, 1.54) is 46.4 Å². The summed E-state index contributed by atoms with van der Waals surface area (Å²) in [6, 6.07) is 1.51. The van der Waals surface area contributed by atoms with E-state index in [0.29, 0.717) is 53.7 Å². The predicted octanol–water partition coefficient (Wildman–Crippen LogP) is 9.88. The molecule has 5 atom stereocenters. The maximum absolute atomic E-state index is 14.3. The first kappa shape index (κ1) is 54.2. The second-order valence-corrected chi connectivity index (χ2v) is 20.3. The zero-order chi connectivity index (χ0) is 51.9. The van der Waals surface area contributed by atoms with Crippen molar-refractivity contribution >= 4 is 30.1 Å². The lowest BCUT2D eigenvalue weighted by molar-refractivity contribution is -0.142. The molecule has 0 aromatic heterocycles. The molecule has 4 aliphatic heterocycles. The van der Waals surface area contributed by atoms with Gasteiger partial charge in [0.1, 0.15) is 40.2 Å². The van der Waals surface area contributed by atoms with Gasteiger partial charge in [0.15, 0.2) is 0 Å². The number of aliphatic hydroxyl groups excluding tert-OH is 2. The normalized spacial score (nSPS) is 21.7. The molecular formula is C55H72N2O14. The fourth-order valence-electron chi connectivity index (χ4n) is 9.81. The van der Waals surface area contributed by atoms with E-state index in [0.717, 1.165) is 32.8 Å². The molecule has 0 saturated carbocycles. The minimum atomic E-state index is -1.32. The fraction of sp³-hybridized carbons (Fsp3) is 0.545. The summed E-state index contributed by atoms with van der Waals surface area (Å²) < 4.78 is 33.9. The molecule has 386 valence electrons. The van der Waals surface area contributed by atoms with Gasteiger partial charge in [0, 0.05) is 41.6 Å². The van der Waals surface area contributed by atoms with Crippen LogP contribution in [-0.2, 0) is 40.2 Å². The van der Waals surface area contributed by atoms with Gasteiger partial charge in [-0.25, -0.2) is 14.4 Å². The van der Waals surface area contributed by atoms with Gasteiger partial charge >= 0.3 is 18.3 Å². The second kappa shape index (κ2) is 23.0. The van der Waals surface area contributed by atoms with Crippen molar-refractivity contribution < 1.29 is 67.7 Å². The Morgan fingerprint density at radius 1 is 0.690 bits per heavy atom. The van der Waals surface area contributed by atoms with Crippen LogP contribution in [0.5, 0.6) is 23.0 Å². The molecular weight excluding hydrogens is 913 g/mol. The van der Waals surface area contributed by atoms with Crippen LogP contribution in [0.4, 0.5) is 9.59 Å². The molecule has 2 aromatic carbocycles. The number of nitrogens with zero attached hydrogens (tertiary/aromatic N) is 2. The highest BCUT2D eigenvalue weighted by Crippen LogP contribution is 2.49. The quantitative estimate of drug-likeness (QED) is 0.0641. The number of carbonyl (C=O) groups is 5. The number of aliphatic carboxylic acids is 1. The van der Waals surface area contributed by atoms with Crippen LogP contribution in [0.1, 0.15) is 163 Å². The van der Waals surface area contributed by atoms with Crippen LogP contribution in [0.15, 0.2) is 58.7 Å². The number of hydrogen-bond acceptors (Lipinski definition) is 13. The van der Waals surface area contributed by atoms with Gasteiger partial charge < -0.3 is 53.5 Å². The summed E-state index contributed by atoms with van der Waals surface area (Å²) >= 11 is 0. The number of amides is 2. The van der Waals surface area contributed by atoms with E-state index in [-0.39, 0.29) is 79.6 Å². The number of rotatable bonds is 20. The van der Waals surface area contributed by atoms with E-state index in [2.05, 4.69) is 65.8 Å². The first-order valence-electron chi connectivity index (χ1n) is 24.6. The lowest BCUT2D eigenvalue weighted by Crippen LogP contribution is -2.49. The monoisotopic (exact) mass is 984 g/mol. The summed E-state index contributed by atoms with van der Waals surface area (Å²) in [5.74, 6) is -1.64. The Hall–Kier alpha value is -6.13. The highest BCUT2D eigenvalue weighted by atomic mass is 16.7. The standard InChI is InChI=1S/C55H72N2O14/c1-32(2)16-11-18-34(5)20-13-23-54(7)45(58)28-38-43(68-52(64)66-9)26-36-40(47(38)70-54)30-56(49(36)60)25-15-22-42(51(62)63)57-31-41-37(50(57)61)27-44(69-53(65)67-10)39-29-46(59)55(8,71-48(39)41)24-14-21-35(6)19-12-17-33(3)4/h16-17,20-21,26-27,42,45-46,58-59H,11-15,18-19,22-25,28-31H2,1-10H3,(H,62,63)/b34-20+,35-21+/t42-,45-,46-,54+,55+/m0/s1. The van der Waals surface area contributed by atoms with Crippen LogP contribution in [0.3, 0.4) is 0 Å². The summed E-state index contributed by atoms with van der Waals surface area (Å²) in [6.45, 7) is 16.1. The summed E-state index contributed by atoms with van der Waals surface area (Å²) in [5, 5.41) is 33.7. The van der Waals surface area contributed by atoms with E-state index in [1.807, 2.05) is 6.92 Å². The van der Waals surface area contributed by atoms with Crippen molar-refractivity contribution in [1.82, 2.24) is 9.80 Å². The third-order valence-electron chi connectivity index (χ3n) is 14.2. The Bertz CT molecular complexity index is 2510. The Labute approximate surface area is 417 Å². The minimum absolute atomic E-state index is 0.0314. The van der Waals surface area contributed by atoms with Crippen LogP contribution in [0, 0.1) is 0 Å². The van der Waals surface area contributed by atoms with Crippen LogP contribution in [0.25, 0.3) is 0 Å². The fourth-order valence-corrected chi connectivity index (χ4v) is 9.81. The Kier molecular flexibility index (Phi) is 17.5. The van der Waals surface area contributed by atoms with Gasteiger partial charge in [0.05, 0.1) is 50.6 Å². The van der Waals surface area contributed by atoms with Gasteiger partial charge in [-0.2, -0.15) is 0 Å². The molecule has 0 bridgehead atoms. The molecule has 2 amide bonds. The number of carboxylic acid groups (broad SMARTS) is 1. The SMILES string of the molecule is COC(=O)Oc1cc2c(c3c1C[C@H](O)[C@@](C)(CC/C=C(\C)CCC=C(C)C)O3)CN(CCC[C@@H](C(=O)O)N1Cc3c(cc(OC(=O)OC)c4c3O[C@](C)(CC/C=C(\C)CCC=C(C)C)[C@@H](O)C4)C1=O)C2=O. The third-order valence-corrected chi connectivity index (χ3v) is 14.2. The smallest absolute Gasteiger partial charge is 0.484 e. The highest BCUT2D eigenvalue weighted by Gasteiger charge is 2.48. The number of hydrogen-bond donors (Lipinski definition) is 3. The van der Waals surface area contributed by atoms with E-state index >= 15 is 0 Å². The molecule has 2 aromatic rings. The number of allylic oxidation sites excluding steroid dienone is 8. The number of carbonyl (C=O) groups excluding carboxylic acids is 4. The van der Waals surface area contributed by atoms with Crippen molar-refractivity contribution in [3.05, 3.63) is 92.1 Å². The lowest BCUT2D eigenvalue weighted by atomic mass is 9.84. The zero-order valence-electron chi connectivity index (χ0n) is 43.0. The molecule has 0 fully saturated rings. The van der Waals surface area contributed by atoms with Crippen molar-refractivity contribution in [3.8, 4) is 23.0 Å². The molecule has 4 heterocycles. The molecule has 6 rings (SSSR count). The number of aliphatic hydroxyl groups is 2.